The van der Waals surface area contributed by atoms with Gasteiger partial charge in [0.2, 0.25) is 5.91 Å². The SMILES string of the molecule is Cc1ccc(-n2nc(C(C)(C)C)cc2NC(=O)Nc2cccc(CC3CCN(C(=O)C4CCNCC4)CC3)c2)cc1. The zero-order valence-corrected chi connectivity index (χ0v) is 24.9. The number of carbonyl (C=O) groups is 2. The largest absolute Gasteiger partial charge is 0.342 e. The molecule has 8 nitrogen and oxygen atoms in total. The molecule has 3 heterocycles. The van der Waals surface area contributed by atoms with Crippen molar-refractivity contribution in [3.8, 4) is 5.69 Å². The van der Waals surface area contributed by atoms with E-state index in [1.807, 2.05) is 49.4 Å². The van der Waals surface area contributed by atoms with Crippen LogP contribution in [0.15, 0.2) is 54.6 Å². The van der Waals surface area contributed by atoms with Gasteiger partial charge in [0.05, 0.1) is 11.4 Å². The predicted molar refractivity (Wildman–Crippen MR) is 165 cm³/mol. The van der Waals surface area contributed by atoms with Crippen molar-refractivity contribution in [2.75, 3.05) is 36.8 Å². The molecule has 41 heavy (non-hydrogen) atoms. The van der Waals surface area contributed by atoms with Crippen LogP contribution in [0.4, 0.5) is 16.3 Å². The zero-order chi connectivity index (χ0) is 29.0. The molecule has 0 spiro atoms. The van der Waals surface area contributed by atoms with Gasteiger partial charge >= 0.3 is 6.03 Å². The predicted octanol–water partition coefficient (Wildman–Crippen LogP) is 5.90. The monoisotopic (exact) mass is 556 g/mol. The average Bonchev–Trinajstić information content (AvgIpc) is 3.38. The Hall–Kier alpha value is -3.65. The lowest BCUT2D eigenvalue weighted by Gasteiger charge is -2.35. The molecule has 2 aromatic carbocycles. The van der Waals surface area contributed by atoms with Crippen molar-refractivity contribution in [1.82, 2.24) is 20.0 Å². The van der Waals surface area contributed by atoms with Crippen molar-refractivity contribution in [3.05, 3.63) is 71.4 Å². The first-order chi connectivity index (χ1) is 19.7. The summed E-state index contributed by atoms with van der Waals surface area (Å²) in [6, 6.07) is 17.8. The van der Waals surface area contributed by atoms with Gasteiger partial charge in [-0.1, -0.05) is 50.6 Å². The second-order valence-corrected chi connectivity index (χ2v) is 12.7. The Morgan fingerprint density at radius 2 is 1.66 bits per heavy atom. The molecule has 3 aromatic rings. The summed E-state index contributed by atoms with van der Waals surface area (Å²) in [5.74, 6) is 1.70. The number of carbonyl (C=O) groups excluding carboxylic acids is 2. The van der Waals surface area contributed by atoms with Crippen LogP contribution in [-0.4, -0.2) is 52.8 Å². The second-order valence-electron chi connectivity index (χ2n) is 12.7. The van der Waals surface area contributed by atoms with Gasteiger partial charge in [-0.05, 0) is 87.9 Å². The van der Waals surface area contributed by atoms with Gasteiger partial charge in [0.1, 0.15) is 5.82 Å². The fourth-order valence-corrected chi connectivity index (χ4v) is 5.79. The van der Waals surface area contributed by atoms with E-state index in [1.54, 1.807) is 4.68 Å². The summed E-state index contributed by atoms with van der Waals surface area (Å²) < 4.78 is 1.79. The smallest absolute Gasteiger partial charge is 0.324 e. The van der Waals surface area contributed by atoms with Gasteiger partial charge in [0.25, 0.3) is 0 Å². The number of anilines is 2. The highest BCUT2D eigenvalue weighted by Gasteiger charge is 2.29. The summed E-state index contributed by atoms with van der Waals surface area (Å²) in [4.78, 5) is 28.1. The Morgan fingerprint density at radius 3 is 2.34 bits per heavy atom. The van der Waals surface area contributed by atoms with E-state index in [0.29, 0.717) is 17.6 Å². The highest BCUT2D eigenvalue weighted by atomic mass is 16.2. The maximum atomic E-state index is 13.1. The summed E-state index contributed by atoms with van der Waals surface area (Å²) in [5.41, 5.74) is 4.77. The summed E-state index contributed by atoms with van der Waals surface area (Å²) >= 11 is 0. The molecule has 0 atom stereocenters. The van der Waals surface area contributed by atoms with Crippen molar-refractivity contribution in [2.45, 2.75) is 65.2 Å². The number of urea groups is 1. The standard InChI is InChI=1S/C33H44N6O2/c1-23-8-10-28(11-9-23)39-30(22-29(37-39)33(2,3)4)36-32(41)35-27-7-5-6-25(21-27)20-24-14-18-38(19-15-24)31(40)26-12-16-34-17-13-26/h5-11,21-22,24,26,34H,12-20H2,1-4H3,(H2,35,36,41). The molecular weight excluding hydrogens is 512 g/mol. The van der Waals surface area contributed by atoms with Crippen LogP contribution < -0.4 is 16.0 Å². The van der Waals surface area contributed by atoms with Crippen LogP contribution in [-0.2, 0) is 16.6 Å². The minimum absolute atomic E-state index is 0.159. The molecule has 2 aliphatic rings. The summed E-state index contributed by atoms with van der Waals surface area (Å²) in [7, 11) is 0. The molecule has 0 unspecified atom stereocenters. The van der Waals surface area contributed by atoms with Gasteiger partial charge in [0.15, 0.2) is 0 Å². The fraction of sp³-hybridized carbons (Fsp3) is 0.485. The Kier molecular flexibility index (Phi) is 8.78. The lowest BCUT2D eigenvalue weighted by Crippen LogP contribution is -2.44. The summed E-state index contributed by atoms with van der Waals surface area (Å²) in [6.45, 7) is 12.0. The fourth-order valence-electron chi connectivity index (χ4n) is 5.79. The van der Waals surface area contributed by atoms with E-state index in [-0.39, 0.29) is 17.4 Å². The van der Waals surface area contributed by atoms with Gasteiger partial charge in [-0.25, -0.2) is 9.48 Å². The maximum absolute atomic E-state index is 13.1. The normalized spacial score (nSPS) is 16.9. The van der Waals surface area contributed by atoms with Crippen LogP contribution in [0.25, 0.3) is 5.69 Å². The van der Waals surface area contributed by atoms with Crippen molar-refractivity contribution < 1.29 is 9.59 Å². The first kappa shape index (κ1) is 28.9. The molecule has 5 rings (SSSR count). The van der Waals surface area contributed by atoms with Crippen LogP contribution >= 0.6 is 0 Å². The van der Waals surface area contributed by atoms with Crippen LogP contribution in [0, 0.1) is 18.8 Å². The number of hydrogen-bond donors (Lipinski definition) is 3. The molecular formula is C33H44N6O2. The van der Waals surface area contributed by atoms with Crippen LogP contribution in [0.5, 0.6) is 0 Å². The lowest BCUT2D eigenvalue weighted by molar-refractivity contribution is -0.137. The van der Waals surface area contributed by atoms with Crippen LogP contribution in [0.2, 0.25) is 0 Å². The molecule has 3 N–H and O–H groups in total. The molecule has 0 bridgehead atoms. The number of rotatable bonds is 6. The van der Waals surface area contributed by atoms with E-state index in [0.717, 1.165) is 75.4 Å². The third-order valence-electron chi connectivity index (χ3n) is 8.32. The highest BCUT2D eigenvalue weighted by molar-refractivity contribution is 5.99. The number of hydrogen-bond acceptors (Lipinski definition) is 4. The summed E-state index contributed by atoms with van der Waals surface area (Å²) in [5, 5.41) is 14.2. The van der Waals surface area contributed by atoms with Gasteiger partial charge in [-0.2, -0.15) is 5.10 Å². The second kappa shape index (κ2) is 12.5. The third kappa shape index (κ3) is 7.36. The number of aromatic nitrogens is 2. The molecule has 3 amide bonds. The zero-order valence-electron chi connectivity index (χ0n) is 24.9. The van der Waals surface area contributed by atoms with Crippen molar-refractivity contribution >= 4 is 23.4 Å². The van der Waals surface area contributed by atoms with Crippen molar-refractivity contribution in [2.24, 2.45) is 11.8 Å². The number of benzene rings is 2. The average molecular weight is 557 g/mol. The van der Waals surface area contributed by atoms with Gasteiger partial charge < -0.3 is 15.5 Å². The molecule has 1 aromatic heterocycles. The Morgan fingerprint density at radius 1 is 0.951 bits per heavy atom. The number of likely N-dealkylation sites (tertiary alicyclic amines) is 1. The number of nitrogens with zero attached hydrogens (tertiary/aromatic N) is 3. The highest BCUT2D eigenvalue weighted by Crippen LogP contribution is 2.28. The van der Waals surface area contributed by atoms with E-state index in [1.165, 1.54) is 11.1 Å². The molecule has 8 heteroatoms. The Balaban J connectivity index is 1.19. The maximum Gasteiger partial charge on any atom is 0.324 e. The minimum atomic E-state index is -0.305. The van der Waals surface area contributed by atoms with Crippen molar-refractivity contribution in [3.63, 3.8) is 0 Å². The number of amides is 3. The quantitative estimate of drug-likeness (QED) is 0.352. The molecule has 2 fully saturated rings. The van der Waals surface area contributed by atoms with Crippen LogP contribution in [0.3, 0.4) is 0 Å². The van der Waals surface area contributed by atoms with E-state index in [4.69, 9.17) is 5.10 Å². The van der Waals surface area contributed by atoms with Gasteiger partial charge in [-0.15, -0.1) is 0 Å². The third-order valence-corrected chi connectivity index (χ3v) is 8.32. The number of aryl methyl sites for hydroxylation is 1. The number of piperidine rings is 2. The lowest BCUT2D eigenvalue weighted by atomic mass is 9.88. The number of nitrogens with one attached hydrogen (secondary N) is 3. The van der Waals surface area contributed by atoms with E-state index in [9.17, 15) is 9.59 Å². The topological polar surface area (TPSA) is 91.3 Å². The van der Waals surface area contributed by atoms with Gasteiger partial charge in [-0.3, -0.25) is 10.1 Å². The van der Waals surface area contributed by atoms with E-state index < -0.39 is 0 Å². The van der Waals surface area contributed by atoms with Gasteiger partial charge in [0, 0.05) is 36.2 Å². The van der Waals surface area contributed by atoms with Crippen LogP contribution in [0.1, 0.15) is 63.3 Å². The Bertz CT molecular complexity index is 1340. The molecule has 2 aliphatic heterocycles. The first-order valence-electron chi connectivity index (χ1n) is 15.0. The molecule has 0 aliphatic carbocycles. The molecule has 2 saturated heterocycles. The molecule has 218 valence electrons. The molecule has 0 saturated carbocycles. The van der Waals surface area contributed by atoms with Crippen molar-refractivity contribution in [1.29, 1.82) is 0 Å². The van der Waals surface area contributed by atoms with E-state index in [2.05, 4.69) is 53.8 Å². The first-order valence-corrected chi connectivity index (χ1v) is 15.0. The minimum Gasteiger partial charge on any atom is -0.342 e. The summed E-state index contributed by atoms with van der Waals surface area (Å²) in [6.07, 6.45) is 4.90. The molecule has 0 radical (unpaired) electrons. The van der Waals surface area contributed by atoms with E-state index >= 15 is 0 Å². The Labute approximate surface area is 243 Å².